The van der Waals surface area contributed by atoms with Crippen LogP contribution < -0.4 is 5.32 Å². The van der Waals surface area contributed by atoms with E-state index in [-0.39, 0.29) is 11.8 Å². The Balaban J connectivity index is 1.28. The topological polar surface area (TPSA) is 138 Å². The molecule has 174 valence electrons. The van der Waals surface area contributed by atoms with E-state index in [2.05, 4.69) is 35.5 Å². The molecule has 1 aliphatic rings. The summed E-state index contributed by atoms with van der Waals surface area (Å²) >= 11 is 0. The van der Waals surface area contributed by atoms with E-state index >= 15 is 0 Å². The van der Waals surface area contributed by atoms with Crippen molar-refractivity contribution < 1.29 is 4.79 Å². The Bertz CT molecular complexity index is 1750. The van der Waals surface area contributed by atoms with Crippen LogP contribution in [0.3, 0.4) is 0 Å². The molecule has 0 spiro atoms. The van der Waals surface area contributed by atoms with Crippen LogP contribution >= 0.6 is 0 Å². The molecule has 0 bridgehead atoms. The molecular formula is C26H19N9O. The molecule has 0 aliphatic heterocycles. The molecule has 36 heavy (non-hydrogen) atoms. The maximum atomic E-state index is 12.2. The zero-order valence-electron chi connectivity index (χ0n) is 18.9. The number of carbonyl (C=O) groups excluding carboxylic acids is 1. The highest BCUT2D eigenvalue weighted by Crippen LogP contribution is 2.32. The first-order valence-electron chi connectivity index (χ1n) is 11.6. The lowest BCUT2D eigenvalue weighted by atomic mass is 10.1. The standard InChI is InChI=1S/C26H19N9O/c36-26(15-1-2-15)30-17-11-16(12-28-13-17)19-3-4-20-22(31-19)23(35-34-20)25-32-21-18(7-10-29-24(21)33-25)14-5-8-27-9-6-14/h3-13,15H,1-2H2,(H,30,36)(H,34,35)(H,29,32,33). The van der Waals surface area contributed by atoms with Crippen molar-refractivity contribution in [2.75, 3.05) is 5.32 Å². The molecule has 7 rings (SSSR count). The fourth-order valence-corrected chi connectivity index (χ4v) is 4.25. The SMILES string of the molecule is O=C(Nc1cncc(-c2ccc3[nH]nc(-c4nc5c(-c6ccncc6)ccnc5[nH]4)c3n2)c1)C1CC1. The Morgan fingerprint density at radius 1 is 0.917 bits per heavy atom. The van der Waals surface area contributed by atoms with Crippen molar-refractivity contribution in [1.29, 1.82) is 0 Å². The Kier molecular flexibility index (Phi) is 4.56. The summed E-state index contributed by atoms with van der Waals surface area (Å²) in [5, 5.41) is 10.5. The summed E-state index contributed by atoms with van der Waals surface area (Å²) in [5.41, 5.74) is 7.58. The van der Waals surface area contributed by atoms with Crippen LogP contribution in [0.25, 0.3) is 56.1 Å². The number of H-pyrrole nitrogens is 2. The third kappa shape index (κ3) is 3.56. The van der Waals surface area contributed by atoms with Gasteiger partial charge in [-0.2, -0.15) is 5.10 Å². The number of imidazole rings is 1. The lowest BCUT2D eigenvalue weighted by Crippen LogP contribution is -2.13. The quantitative estimate of drug-likeness (QED) is 0.338. The van der Waals surface area contributed by atoms with Gasteiger partial charge in [-0.15, -0.1) is 0 Å². The molecule has 0 radical (unpaired) electrons. The summed E-state index contributed by atoms with van der Waals surface area (Å²) < 4.78 is 0. The van der Waals surface area contributed by atoms with Gasteiger partial charge in [0.2, 0.25) is 5.91 Å². The second kappa shape index (κ2) is 8.05. The zero-order valence-corrected chi connectivity index (χ0v) is 18.9. The smallest absolute Gasteiger partial charge is 0.227 e. The van der Waals surface area contributed by atoms with Gasteiger partial charge >= 0.3 is 0 Å². The molecule has 3 N–H and O–H groups in total. The molecule has 0 aromatic carbocycles. The van der Waals surface area contributed by atoms with Gasteiger partial charge < -0.3 is 10.3 Å². The van der Waals surface area contributed by atoms with Crippen LogP contribution in [0.15, 0.2) is 67.4 Å². The minimum absolute atomic E-state index is 0.0408. The minimum Gasteiger partial charge on any atom is -0.324 e. The highest BCUT2D eigenvalue weighted by Gasteiger charge is 2.29. The van der Waals surface area contributed by atoms with E-state index in [1.807, 2.05) is 36.4 Å². The molecule has 6 aromatic heterocycles. The molecule has 0 atom stereocenters. The second-order valence-corrected chi connectivity index (χ2v) is 8.77. The number of aromatic amines is 2. The average Bonchev–Trinajstić information content (AvgIpc) is 3.55. The van der Waals surface area contributed by atoms with Crippen LogP contribution in [0.5, 0.6) is 0 Å². The first-order chi connectivity index (χ1) is 17.7. The summed E-state index contributed by atoms with van der Waals surface area (Å²) in [4.78, 5) is 38.0. The van der Waals surface area contributed by atoms with Crippen molar-refractivity contribution in [2.24, 2.45) is 5.92 Å². The van der Waals surface area contributed by atoms with Crippen LogP contribution in [0.4, 0.5) is 5.69 Å². The van der Waals surface area contributed by atoms with Gasteiger partial charge in [-0.1, -0.05) is 0 Å². The molecule has 1 saturated carbocycles. The van der Waals surface area contributed by atoms with Crippen molar-refractivity contribution in [1.82, 2.24) is 40.1 Å². The highest BCUT2D eigenvalue weighted by atomic mass is 16.2. The van der Waals surface area contributed by atoms with Gasteiger partial charge in [0.25, 0.3) is 0 Å². The van der Waals surface area contributed by atoms with Crippen molar-refractivity contribution >= 4 is 33.8 Å². The van der Waals surface area contributed by atoms with Crippen LogP contribution in [0.2, 0.25) is 0 Å². The van der Waals surface area contributed by atoms with E-state index < -0.39 is 0 Å². The molecule has 1 fully saturated rings. The molecule has 1 amide bonds. The lowest BCUT2D eigenvalue weighted by Gasteiger charge is -2.06. The van der Waals surface area contributed by atoms with Gasteiger partial charge in [-0.3, -0.25) is 19.9 Å². The van der Waals surface area contributed by atoms with Gasteiger partial charge in [-0.25, -0.2) is 15.0 Å². The number of nitrogens with zero attached hydrogens (tertiary/aromatic N) is 6. The van der Waals surface area contributed by atoms with E-state index in [9.17, 15) is 4.79 Å². The van der Waals surface area contributed by atoms with Crippen molar-refractivity contribution in [3.05, 3.63) is 67.4 Å². The number of amides is 1. The monoisotopic (exact) mass is 473 g/mol. The largest absolute Gasteiger partial charge is 0.324 e. The predicted molar refractivity (Wildman–Crippen MR) is 135 cm³/mol. The number of aromatic nitrogens is 8. The van der Waals surface area contributed by atoms with Crippen LogP contribution in [0.1, 0.15) is 12.8 Å². The Labute approximate surface area is 204 Å². The molecule has 6 heterocycles. The van der Waals surface area contributed by atoms with E-state index in [0.29, 0.717) is 34.1 Å². The van der Waals surface area contributed by atoms with Gasteiger partial charge in [-0.05, 0) is 54.8 Å². The summed E-state index contributed by atoms with van der Waals surface area (Å²) in [6.07, 6.45) is 10.5. The molecule has 1 aliphatic carbocycles. The number of fused-ring (bicyclic) bond motifs is 2. The van der Waals surface area contributed by atoms with Gasteiger partial charge in [0.05, 0.1) is 23.1 Å². The summed E-state index contributed by atoms with van der Waals surface area (Å²) in [6.45, 7) is 0. The molecule has 0 saturated heterocycles. The van der Waals surface area contributed by atoms with Crippen molar-refractivity contribution in [3.8, 4) is 33.9 Å². The molecule has 10 nitrogen and oxygen atoms in total. The van der Waals surface area contributed by atoms with Crippen LogP contribution in [0, 0.1) is 5.92 Å². The Morgan fingerprint density at radius 3 is 2.67 bits per heavy atom. The minimum atomic E-state index is 0.0408. The maximum absolute atomic E-state index is 12.2. The maximum Gasteiger partial charge on any atom is 0.227 e. The number of rotatable bonds is 5. The Morgan fingerprint density at radius 2 is 1.81 bits per heavy atom. The van der Waals surface area contributed by atoms with Crippen molar-refractivity contribution in [2.45, 2.75) is 12.8 Å². The number of pyridine rings is 4. The second-order valence-electron chi connectivity index (χ2n) is 8.77. The van der Waals surface area contributed by atoms with Crippen molar-refractivity contribution in [3.63, 3.8) is 0 Å². The van der Waals surface area contributed by atoms with Crippen LogP contribution in [-0.2, 0) is 4.79 Å². The Hall–Kier alpha value is -4.99. The number of hydrogen-bond acceptors (Lipinski definition) is 7. The van der Waals surface area contributed by atoms with E-state index in [1.165, 1.54) is 0 Å². The average molecular weight is 474 g/mol. The summed E-state index contributed by atoms with van der Waals surface area (Å²) in [7, 11) is 0. The van der Waals surface area contributed by atoms with E-state index in [4.69, 9.17) is 9.97 Å². The van der Waals surface area contributed by atoms with Gasteiger partial charge in [0, 0.05) is 41.8 Å². The predicted octanol–water partition coefficient (Wildman–Crippen LogP) is 4.37. The molecular weight excluding hydrogens is 454 g/mol. The number of nitrogens with one attached hydrogen (secondary N) is 3. The summed E-state index contributed by atoms with van der Waals surface area (Å²) in [6, 6.07) is 11.5. The molecule has 10 heteroatoms. The lowest BCUT2D eigenvalue weighted by molar-refractivity contribution is -0.117. The fraction of sp³-hybridized carbons (Fsp3) is 0.115. The zero-order chi connectivity index (χ0) is 24.1. The number of carbonyl (C=O) groups is 1. The van der Waals surface area contributed by atoms with Crippen LogP contribution in [-0.4, -0.2) is 46.0 Å². The normalized spacial score (nSPS) is 13.3. The number of hydrogen-bond donors (Lipinski definition) is 3. The summed E-state index contributed by atoms with van der Waals surface area (Å²) in [5.74, 6) is 0.728. The molecule has 0 unspecified atom stereocenters. The third-order valence-electron chi connectivity index (χ3n) is 6.26. The first kappa shape index (κ1) is 20.4. The number of anilines is 1. The van der Waals surface area contributed by atoms with Gasteiger partial charge in [0.15, 0.2) is 17.2 Å². The van der Waals surface area contributed by atoms with E-state index in [1.54, 1.807) is 31.0 Å². The van der Waals surface area contributed by atoms with E-state index in [0.717, 1.165) is 40.6 Å². The molecule has 6 aromatic rings. The fourth-order valence-electron chi connectivity index (χ4n) is 4.25. The first-order valence-corrected chi connectivity index (χ1v) is 11.6. The van der Waals surface area contributed by atoms with Gasteiger partial charge in [0.1, 0.15) is 11.0 Å². The third-order valence-corrected chi connectivity index (χ3v) is 6.26. The highest BCUT2D eigenvalue weighted by molar-refractivity contribution is 5.96.